The van der Waals surface area contributed by atoms with Gasteiger partial charge in [0.2, 0.25) is 5.91 Å². The Bertz CT molecular complexity index is 1140. The summed E-state index contributed by atoms with van der Waals surface area (Å²) in [6, 6.07) is 10.7. The fraction of sp³-hybridized carbons (Fsp3) is 0.348. The van der Waals surface area contributed by atoms with E-state index in [1.165, 1.54) is 11.8 Å². The molecule has 3 rings (SSSR count). The number of hydrogen-bond donors (Lipinski definition) is 2. The molecule has 0 saturated heterocycles. The van der Waals surface area contributed by atoms with Gasteiger partial charge in [0, 0.05) is 13.7 Å². The molecule has 164 valence electrons. The molecular weight excluding hydrogens is 414 g/mol. The number of aromatic hydroxyl groups is 1. The molecule has 1 atom stereocenters. The average Bonchev–Trinajstić information content (AvgIpc) is 2.74. The molecule has 0 fully saturated rings. The summed E-state index contributed by atoms with van der Waals surface area (Å²) in [6.07, 6.45) is 0. The Morgan fingerprint density at radius 3 is 2.61 bits per heavy atom. The zero-order chi connectivity index (χ0) is 22.5. The molecule has 0 aliphatic carbocycles. The number of ether oxygens (including phenoxy) is 1. The quantitative estimate of drug-likeness (QED) is 0.411. The minimum Gasteiger partial charge on any atom is -0.507 e. The van der Waals surface area contributed by atoms with Gasteiger partial charge in [-0.2, -0.15) is 0 Å². The molecule has 0 spiro atoms. The summed E-state index contributed by atoms with van der Waals surface area (Å²) >= 11 is 1.23. The van der Waals surface area contributed by atoms with Crippen LogP contribution in [0.1, 0.15) is 29.7 Å². The maximum absolute atomic E-state index is 13.0. The van der Waals surface area contributed by atoms with Crippen LogP contribution in [0.2, 0.25) is 0 Å². The lowest BCUT2D eigenvalue weighted by Gasteiger charge is -2.18. The van der Waals surface area contributed by atoms with Crippen molar-refractivity contribution in [2.24, 2.45) is 0 Å². The van der Waals surface area contributed by atoms with E-state index in [0.29, 0.717) is 29.2 Å². The molecule has 7 nitrogen and oxygen atoms in total. The van der Waals surface area contributed by atoms with E-state index < -0.39 is 0 Å². The summed E-state index contributed by atoms with van der Waals surface area (Å²) < 4.78 is 6.82. The number of nitrogens with one attached hydrogen (secondary N) is 1. The lowest BCUT2D eigenvalue weighted by molar-refractivity contribution is -0.118. The van der Waals surface area contributed by atoms with E-state index in [1.807, 2.05) is 45.0 Å². The van der Waals surface area contributed by atoms with Gasteiger partial charge in [-0.05, 0) is 49.6 Å². The van der Waals surface area contributed by atoms with Gasteiger partial charge in [0.1, 0.15) is 5.75 Å². The molecular formula is C23H27N3O4S. The summed E-state index contributed by atoms with van der Waals surface area (Å²) in [5, 5.41) is 13.8. The second-order valence-corrected chi connectivity index (χ2v) is 8.48. The number of benzene rings is 2. The van der Waals surface area contributed by atoms with E-state index in [9.17, 15) is 14.7 Å². The summed E-state index contributed by atoms with van der Waals surface area (Å²) in [7, 11) is 1.59. The SMILES string of the molecule is COC[C@H](C)n1c(SCC(=O)NCc2cc(C)c(O)c(C)c2)nc2ccccc2c1=O. The van der Waals surface area contributed by atoms with Gasteiger partial charge in [0.15, 0.2) is 5.16 Å². The fourth-order valence-corrected chi connectivity index (χ4v) is 4.39. The number of hydrogen-bond acceptors (Lipinski definition) is 6. The van der Waals surface area contributed by atoms with E-state index in [4.69, 9.17) is 4.74 Å². The first-order valence-electron chi connectivity index (χ1n) is 10.0. The van der Waals surface area contributed by atoms with Crippen LogP contribution in [-0.4, -0.2) is 40.0 Å². The second kappa shape index (κ2) is 9.98. The van der Waals surface area contributed by atoms with E-state index in [2.05, 4.69) is 10.3 Å². The van der Waals surface area contributed by atoms with Gasteiger partial charge < -0.3 is 15.2 Å². The third-order valence-corrected chi connectivity index (χ3v) is 5.95. The number of carbonyl (C=O) groups is 1. The summed E-state index contributed by atoms with van der Waals surface area (Å²) in [5.74, 6) is 0.235. The first-order chi connectivity index (χ1) is 14.8. The first kappa shape index (κ1) is 22.8. The van der Waals surface area contributed by atoms with Crippen molar-refractivity contribution in [3.05, 3.63) is 63.4 Å². The standard InChI is InChI=1S/C23H27N3O4S/c1-14-9-17(10-15(2)21(14)28)11-24-20(27)13-31-23-25-19-8-6-5-7-18(19)22(29)26(23)16(3)12-30-4/h5-10,16,28H,11-13H2,1-4H3,(H,24,27)/t16-/m0/s1. The number of para-hydroxylation sites is 1. The van der Waals surface area contributed by atoms with Crippen molar-refractivity contribution < 1.29 is 14.6 Å². The zero-order valence-corrected chi connectivity index (χ0v) is 19.0. The van der Waals surface area contributed by atoms with Crippen LogP contribution >= 0.6 is 11.8 Å². The molecule has 8 heteroatoms. The smallest absolute Gasteiger partial charge is 0.262 e. The van der Waals surface area contributed by atoms with Crippen LogP contribution in [0.3, 0.4) is 0 Å². The van der Waals surface area contributed by atoms with Crippen LogP contribution in [0.4, 0.5) is 0 Å². The summed E-state index contributed by atoms with van der Waals surface area (Å²) in [5.41, 5.74) is 2.92. The molecule has 0 aliphatic rings. The summed E-state index contributed by atoms with van der Waals surface area (Å²) in [6.45, 7) is 6.27. The molecule has 1 aromatic heterocycles. The lowest BCUT2D eigenvalue weighted by Crippen LogP contribution is -2.29. The fourth-order valence-electron chi connectivity index (χ4n) is 3.46. The Morgan fingerprint density at radius 1 is 1.26 bits per heavy atom. The molecule has 2 N–H and O–H groups in total. The van der Waals surface area contributed by atoms with Gasteiger partial charge in [0.05, 0.1) is 29.3 Å². The van der Waals surface area contributed by atoms with E-state index in [0.717, 1.165) is 16.7 Å². The van der Waals surface area contributed by atoms with Gasteiger partial charge in [-0.25, -0.2) is 4.98 Å². The maximum atomic E-state index is 13.0. The number of aromatic nitrogens is 2. The van der Waals surface area contributed by atoms with Crippen LogP contribution in [0.15, 0.2) is 46.3 Å². The molecule has 0 saturated carbocycles. The van der Waals surface area contributed by atoms with Gasteiger partial charge in [-0.1, -0.05) is 36.0 Å². The molecule has 0 bridgehead atoms. The van der Waals surface area contributed by atoms with Crippen molar-refractivity contribution in [1.82, 2.24) is 14.9 Å². The molecule has 2 aromatic carbocycles. The number of nitrogens with zero attached hydrogens (tertiary/aromatic N) is 2. The maximum Gasteiger partial charge on any atom is 0.262 e. The first-order valence-corrected chi connectivity index (χ1v) is 11.0. The number of phenolic OH excluding ortho intramolecular Hbond substituents is 1. The van der Waals surface area contributed by atoms with Crippen LogP contribution in [0, 0.1) is 13.8 Å². The minimum absolute atomic E-state index is 0.126. The molecule has 3 aromatic rings. The third-order valence-electron chi connectivity index (χ3n) is 5.00. The number of fused-ring (bicyclic) bond motifs is 1. The van der Waals surface area contributed by atoms with Crippen molar-refractivity contribution in [2.75, 3.05) is 19.5 Å². The van der Waals surface area contributed by atoms with Crippen molar-refractivity contribution in [1.29, 1.82) is 0 Å². The number of thioether (sulfide) groups is 1. The molecule has 1 heterocycles. The predicted octanol–water partition coefficient (Wildman–Crippen LogP) is 3.33. The second-order valence-electron chi connectivity index (χ2n) is 7.53. The van der Waals surface area contributed by atoms with Crippen molar-refractivity contribution >= 4 is 28.6 Å². The van der Waals surface area contributed by atoms with Gasteiger partial charge in [-0.15, -0.1) is 0 Å². The van der Waals surface area contributed by atoms with E-state index in [-0.39, 0.29) is 29.0 Å². The highest BCUT2D eigenvalue weighted by molar-refractivity contribution is 7.99. The number of aryl methyl sites for hydroxylation is 2. The van der Waals surface area contributed by atoms with Gasteiger partial charge in [-0.3, -0.25) is 14.2 Å². The molecule has 0 radical (unpaired) electrons. The van der Waals surface area contributed by atoms with Crippen LogP contribution in [0.25, 0.3) is 10.9 Å². The zero-order valence-electron chi connectivity index (χ0n) is 18.1. The molecule has 0 unspecified atom stereocenters. The minimum atomic E-state index is -0.219. The Labute approximate surface area is 185 Å². The van der Waals surface area contributed by atoms with E-state index >= 15 is 0 Å². The predicted molar refractivity (Wildman–Crippen MR) is 123 cm³/mol. The van der Waals surface area contributed by atoms with Crippen LogP contribution in [0.5, 0.6) is 5.75 Å². The average molecular weight is 442 g/mol. The normalized spacial score (nSPS) is 12.1. The Morgan fingerprint density at radius 2 is 1.94 bits per heavy atom. The topological polar surface area (TPSA) is 93.4 Å². The third kappa shape index (κ3) is 5.26. The van der Waals surface area contributed by atoms with Crippen LogP contribution in [-0.2, 0) is 16.1 Å². The molecule has 31 heavy (non-hydrogen) atoms. The number of amides is 1. The monoisotopic (exact) mass is 441 g/mol. The van der Waals surface area contributed by atoms with E-state index in [1.54, 1.807) is 23.8 Å². The number of rotatable bonds is 8. The number of phenols is 1. The molecule has 1 amide bonds. The molecule has 0 aliphatic heterocycles. The van der Waals surface area contributed by atoms with Gasteiger partial charge in [0.25, 0.3) is 5.56 Å². The Balaban J connectivity index is 1.76. The van der Waals surface area contributed by atoms with Crippen molar-refractivity contribution in [3.8, 4) is 5.75 Å². The van der Waals surface area contributed by atoms with Crippen molar-refractivity contribution in [3.63, 3.8) is 0 Å². The Hall–Kier alpha value is -2.84. The highest BCUT2D eigenvalue weighted by Crippen LogP contribution is 2.23. The number of methoxy groups -OCH3 is 1. The largest absolute Gasteiger partial charge is 0.507 e. The Kier molecular flexibility index (Phi) is 7.35. The summed E-state index contributed by atoms with van der Waals surface area (Å²) in [4.78, 5) is 30.1. The van der Waals surface area contributed by atoms with Crippen molar-refractivity contribution in [2.45, 2.75) is 38.5 Å². The highest BCUT2D eigenvalue weighted by atomic mass is 32.2. The lowest BCUT2D eigenvalue weighted by atomic mass is 10.1. The number of carbonyl (C=O) groups excluding carboxylic acids is 1. The van der Waals surface area contributed by atoms with Gasteiger partial charge >= 0.3 is 0 Å². The highest BCUT2D eigenvalue weighted by Gasteiger charge is 2.17. The van der Waals surface area contributed by atoms with Crippen LogP contribution < -0.4 is 10.9 Å².